The highest BCUT2D eigenvalue weighted by Crippen LogP contribution is 2.29. The van der Waals surface area contributed by atoms with Gasteiger partial charge in [0.15, 0.2) is 5.82 Å². The van der Waals surface area contributed by atoms with Crippen LogP contribution in [0.3, 0.4) is 0 Å². The number of aryl methyl sites for hydroxylation is 1. The third-order valence-electron chi connectivity index (χ3n) is 2.66. The highest BCUT2D eigenvalue weighted by Gasteiger charge is 2.18. The molecule has 0 saturated carbocycles. The Labute approximate surface area is 101 Å². The molecule has 0 aliphatic carbocycles. The van der Waals surface area contributed by atoms with Crippen LogP contribution in [0.1, 0.15) is 16.8 Å². The maximum absolute atomic E-state index is 11.8. The first kappa shape index (κ1) is 10.1. The lowest BCUT2D eigenvalue weighted by Gasteiger charge is -2.02. The Morgan fingerprint density at radius 2 is 2.31 bits per heavy atom. The molecule has 1 aliphatic rings. The van der Waals surface area contributed by atoms with Gasteiger partial charge in [-0.05, 0) is 23.9 Å². The van der Waals surface area contributed by atoms with Crippen molar-refractivity contribution in [2.75, 3.05) is 0 Å². The summed E-state index contributed by atoms with van der Waals surface area (Å²) in [6.45, 7) is 2.04. The van der Waals surface area contributed by atoms with Gasteiger partial charge in [0.25, 0.3) is 5.56 Å². The molecule has 3 heterocycles. The van der Waals surface area contributed by atoms with Crippen molar-refractivity contribution in [3.05, 3.63) is 38.6 Å². The second-order valence-electron chi connectivity index (χ2n) is 3.77. The second-order valence-corrected chi connectivity index (χ2v) is 5.67. The summed E-state index contributed by atoms with van der Waals surface area (Å²) in [6, 6.07) is 2.04. The standard InChI is InChI=1S/C11H10N2OS2/c1-6-2-3-16-9(6)10-12-8-5-15-4-7(8)11(14)13-10/h2-3H,4-5H2,1H3,(H,12,13,14). The third kappa shape index (κ3) is 1.51. The zero-order valence-corrected chi connectivity index (χ0v) is 10.4. The number of fused-ring (bicyclic) bond motifs is 1. The van der Waals surface area contributed by atoms with Gasteiger partial charge in [0, 0.05) is 17.1 Å². The predicted molar refractivity (Wildman–Crippen MR) is 67.9 cm³/mol. The van der Waals surface area contributed by atoms with Gasteiger partial charge in [-0.2, -0.15) is 11.8 Å². The highest BCUT2D eigenvalue weighted by molar-refractivity contribution is 7.98. The molecule has 2 aromatic rings. The van der Waals surface area contributed by atoms with Crippen LogP contribution in [0.2, 0.25) is 0 Å². The van der Waals surface area contributed by atoms with Gasteiger partial charge in [-0.15, -0.1) is 11.3 Å². The quantitative estimate of drug-likeness (QED) is 0.846. The summed E-state index contributed by atoms with van der Waals surface area (Å²) >= 11 is 3.37. The summed E-state index contributed by atoms with van der Waals surface area (Å²) in [5, 5.41) is 2.02. The van der Waals surface area contributed by atoms with E-state index >= 15 is 0 Å². The molecule has 0 saturated heterocycles. The SMILES string of the molecule is Cc1ccsc1-c1nc2c(c(=O)[nH]1)CSC2. The van der Waals surface area contributed by atoms with Crippen LogP contribution in [0.25, 0.3) is 10.7 Å². The molecule has 0 unspecified atom stereocenters. The van der Waals surface area contributed by atoms with Gasteiger partial charge in [0.05, 0.1) is 10.6 Å². The normalized spacial score (nSPS) is 14.1. The third-order valence-corrected chi connectivity index (χ3v) is 4.66. The van der Waals surface area contributed by atoms with E-state index in [9.17, 15) is 4.79 Å². The van der Waals surface area contributed by atoms with Crippen molar-refractivity contribution in [3.8, 4) is 10.7 Å². The average Bonchev–Trinajstić information content (AvgIpc) is 2.85. The molecule has 0 aromatic carbocycles. The summed E-state index contributed by atoms with van der Waals surface area (Å²) in [6.07, 6.45) is 0. The highest BCUT2D eigenvalue weighted by atomic mass is 32.2. The minimum Gasteiger partial charge on any atom is -0.306 e. The fourth-order valence-electron chi connectivity index (χ4n) is 1.79. The number of hydrogen-bond donors (Lipinski definition) is 1. The monoisotopic (exact) mass is 250 g/mol. The number of nitrogens with zero attached hydrogens (tertiary/aromatic N) is 1. The number of nitrogens with one attached hydrogen (secondary N) is 1. The topological polar surface area (TPSA) is 45.8 Å². The van der Waals surface area contributed by atoms with E-state index in [-0.39, 0.29) is 5.56 Å². The Bertz CT molecular complexity index is 600. The maximum atomic E-state index is 11.8. The summed E-state index contributed by atoms with van der Waals surface area (Å²) < 4.78 is 0. The van der Waals surface area contributed by atoms with Crippen molar-refractivity contribution in [2.45, 2.75) is 18.4 Å². The number of rotatable bonds is 1. The van der Waals surface area contributed by atoms with Gasteiger partial charge < -0.3 is 4.98 Å². The van der Waals surface area contributed by atoms with Crippen LogP contribution in [0, 0.1) is 6.92 Å². The van der Waals surface area contributed by atoms with Gasteiger partial charge >= 0.3 is 0 Å². The molecule has 3 nitrogen and oxygen atoms in total. The number of thioether (sulfide) groups is 1. The average molecular weight is 250 g/mol. The fourth-order valence-corrected chi connectivity index (χ4v) is 3.69. The van der Waals surface area contributed by atoms with Gasteiger partial charge in [-0.3, -0.25) is 4.79 Å². The lowest BCUT2D eigenvalue weighted by molar-refractivity contribution is 1.04. The second kappa shape index (κ2) is 3.75. The van der Waals surface area contributed by atoms with Gasteiger partial charge in [0.1, 0.15) is 0 Å². The zero-order valence-electron chi connectivity index (χ0n) is 8.74. The first-order valence-electron chi connectivity index (χ1n) is 5.00. The summed E-state index contributed by atoms with van der Waals surface area (Å²) in [7, 11) is 0. The maximum Gasteiger partial charge on any atom is 0.255 e. The van der Waals surface area contributed by atoms with Crippen LogP contribution in [-0.4, -0.2) is 9.97 Å². The van der Waals surface area contributed by atoms with Crippen LogP contribution in [0.15, 0.2) is 16.2 Å². The minimum atomic E-state index is 0.0257. The zero-order chi connectivity index (χ0) is 11.1. The molecule has 1 N–H and O–H groups in total. The van der Waals surface area contributed by atoms with Crippen LogP contribution in [0.4, 0.5) is 0 Å². The van der Waals surface area contributed by atoms with Crippen LogP contribution in [-0.2, 0) is 11.5 Å². The Balaban J connectivity index is 2.21. The number of H-pyrrole nitrogens is 1. The van der Waals surface area contributed by atoms with E-state index in [1.807, 2.05) is 18.4 Å². The number of hydrogen-bond acceptors (Lipinski definition) is 4. The van der Waals surface area contributed by atoms with Crippen LogP contribution in [0.5, 0.6) is 0 Å². The summed E-state index contributed by atoms with van der Waals surface area (Å²) in [5.74, 6) is 2.37. The Morgan fingerprint density at radius 1 is 1.44 bits per heavy atom. The molecule has 3 rings (SSSR count). The molecule has 5 heteroatoms. The fraction of sp³-hybridized carbons (Fsp3) is 0.273. The molecule has 16 heavy (non-hydrogen) atoms. The van der Waals surface area contributed by atoms with Crippen molar-refractivity contribution in [2.24, 2.45) is 0 Å². The molecular formula is C11H10N2OS2. The van der Waals surface area contributed by atoms with Crippen molar-refractivity contribution < 1.29 is 0 Å². The Morgan fingerprint density at radius 3 is 3.06 bits per heavy atom. The molecule has 0 radical (unpaired) electrons. The lowest BCUT2D eigenvalue weighted by atomic mass is 10.2. The van der Waals surface area contributed by atoms with Gasteiger partial charge in [-0.25, -0.2) is 4.98 Å². The van der Waals surface area contributed by atoms with Crippen LogP contribution < -0.4 is 5.56 Å². The Hall–Kier alpha value is -1.07. The summed E-state index contributed by atoms with van der Waals surface area (Å²) in [4.78, 5) is 20.3. The van der Waals surface area contributed by atoms with Crippen molar-refractivity contribution >= 4 is 23.1 Å². The van der Waals surface area contributed by atoms with Crippen molar-refractivity contribution in [1.82, 2.24) is 9.97 Å². The largest absolute Gasteiger partial charge is 0.306 e. The first-order valence-corrected chi connectivity index (χ1v) is 7.03. The van der Waals surface area contributed by atoms with Crippen molar-refractivity contribution in [1.29, 1.82) is 0 Å². The lowest BCUT2D eigenvalue weighted by Crippen LogP contribution is -2.14. The molecule has 2 aromatic heterocycles. The van der Waals surface area contributed by atoms with Crippen LogP contribution >= 0.6 is 23.1 Å². The minimum absolute atomic E-state index is 0.0257. The van der Waals surface area contributed by atoms with E-state index in [2.05, 4.69) is 9.97 Å². The van der Waals surface area contributed by atoms with E-state index in [0.29, 0.717) is 0 Å². The Kier molecular flexibility index (Phi) is 2.37. The van der Waals surface area contributed by atoms with E-state index in [1.165, 1.54) is 5.56 Å². The molecular weight excluding hydrogens is 240 g/mol. The van der Waals surface area contributed by atoms with Gasteiger partial charge in [-0.1, -0.05) is 0 Å². The van der Waals surface area contributed by atoms with E-state index in [0.717, 1.165) is 33.5 Å². The molecule has 82 valence electrons. The van der Waals surface area contributed by atoms with Crippen molar-refractivity contribution in [3.63, 3.8) is 0 Å². The van der Waals surface area contributed by atoms with E-state index in [4.69, 9.17) is 0 Å². The molecule has 0 bridgehead atoms. The molecule has 0 fully saturated rings. The molecule has 1 aliphatic heterocycles. The number of aromatic nitrogens is 2. The number of aromatic amines is 1. The van der Waals surface area contributed by atoms with E-state index in [1.54, 1.807) is 23.1 Å². The molecule has 0 spiro atoms. The van der Waals surface area contributed by atoms with E-state index < -0.39 is 0 Å². The first-order chi connectivity index (χ1) is 7.75. The molecule has 0 amide bonds. The molecule has 0 atom stereocenters. The van der Waals surface area contributed by atoms with Gasteiger partial charge in [0.2, 0.25) is 0 Å². The number of thiophene rings is 1. The smallest absolute Gasteiger partial charge is 0.255 e. The summed E-state index contributed by atoms with van der Waals surface area (Å²) in [5.41, 5.74) is 3.00. The predicted octanol–water partition coefficient (Wildman–Crippen LogP) is 2.55.